The molecule has 0 atom stereocenters. The summed E-state index contributed by atoms with van der Waals surface area (Å²) in [5.74, 6) is -0.207. The van der Waals surface area contributed by atoms with Gasteiger partial charge in [0.15, 0.2) is 0 Å². The van der Waals surface area contributed by atoms with Crippen LogP contribution in [0.4, 0.5) is 0 Å². The highest BCUT2D eigenvalue weighted by Gasteiger charge is 2.31. The van der Waals surface area contributed by atoms with E-state index < -0.39 is 5.97 Å². The molecule has 1 aromatic carbocycles. The van der Waals surface area contributed by atoms with Crippen molar-refractivity contribution in [2.45, 2.75) is 32.6 Å². The maximum Gasteiger partial charge on any atom is 0.303 e. The molecule has 0 aliphatic carbocycles. The summed E-state index contributed by atoms with van der Waals surface area (Å²) in [4.78, 5) is 30.1. The van der Waals surface area contributed by atoms with Gasteiger partial charge in [0.2, 0.25) is 0 Å². The van der Waals surface area contributed by atoms with Gasteiger partial charge in [0.1, 0.15) is 15.6 Å². The first-order valence-electron chi connectivity index (χ1n) is 9.49. The Kier molecular flexibility index (Phi) is 7.22. The molecule has 8 heteroatoms. The number of nitrogens with zero attached hydrogens (tertiary/aromatic N) is 2. The summed E-state index contributed by atoms with van der Waals surface area (Å²) in [5.41, 5.74) is 1.43. The van der Waals surface area contributed by atoms with E-state index in [2.05, 4.69) is 4.98 Å². The number of aromatic nitrogens is 1. The first-order chi connectivity index (χ1) is 14.0. The van der Waals surface area contributed by atoms with Crippen molar-refractivity contribution in [3.05, 3.63) is 40.9 Å². The molecular weight excluding hydrogens is 408 g/mol. The van der Waals surface area contributed by atoms with E-state index in [0.29, 0.717) is 40.2 Å². The number of rotatable bonds is 9. The molecular formula is C21H22N2O4S2. The fraction of sp³-hybridized carbons (Fsp3) is 0.333. The normalized spacial score (nSPS) is 15.5. The number of para-hydroxylation sites is 1. The Hall–Kier alpha value is -2.45. The third-order valence-electron chi connectivity index (χ3n) is 4.43. The van der Waals surface area contributed by atoms with E-state index in [0.717, 1.165) is 23.7 Å². The molecule has 0 unspecified atom stereocenters. The Morgan fingerprint density at radius 3 is 2.86 bits per heavy atom. The second-order valence-electron chi connectivity index (χ2n) is 6.53. The van der Waals surface area contributed by atoms with Gasteiger partial charge in [-0.25, -0.2) is 4.98 Å². The lowest BCUT2D eigenvalue weighted by molar-refractivity contribution is -0.137. The highest BCUT2D eigenvalue weighted by molar-refractivity contribution is 8.26. The van der Waals surface area contributed by atoms with Crippen LogP contribution < -0.4 is 4.74 Å². The van der Waals surface area contributed by atoms with Crippen LogP contribution in [0.3, 0.4) is 0 Å². The van der Waals surface area contributed by atoms with Crippen LogP contribution in [0.15, 0.2) is 35.2 Å². The molecule has 29 heavy (non-hydrogen) atoms. The second kappa shape index (κ2) is 9.84. The Balaban J connectivity index is 1.72. The number of amides is 1. The van der Waals surface area contributed by atoms with Gasteiger partial charge in [0, 0.05) is 18.4 Å². The zero-order valence-corrected chi connectivity index (χ0v) is 17.7. The Morgan fingerprint density at radius 1 is 1.28 bits per heavy atom. The van der Waals surface area contributed by atoms with E-state index in [1.54, 1.807) is 11.0 Å². The maximum absolute atomic E-state index is 12.7. The molecule has 1 fully saturated rings. The number of unbranched alkanes of at least 4 members (excludes halogenated alkanes) is 2. The van der Waals surface area contributed by atoms with E-state index in [1.165, 1.54) is 11.8 Å². The first-order valence-corrected chi connectivity index (χ1v) is 10.7. The number of pyridine rings is 1. The number of carbonyl (C=O) groups excluding carboxylic acids is 1. The summed E-state index contributed by atoms with van der Waals surface area (Å²) in [6, 6.07) is 9.61. The van der Waals surface area contributed by atoms with E-state index in [9.17, 15) is 9.59 Å². The van der Waals surface area contributed by atoms with Crippen molar-refractivity contribution in [2.75, 3.05) is 13.2 Å². The predicted octanol–water partition coefficient (Wildman–Crippen LogP) is 4.48. The molecule has 0 bridgehead atoms. The zero-order chi connectivity index (χ0) is 20.8. The zero-order valence-electron chi connectivity index (χ0n) is 16.1. The minimum Gasteiger partial charge on any atom is -0.492 e. The standard InChI is InChI=1S/C21H22N2O4S2/c1-2-27-16-8-6-7-14-10-11-15(22-19(14)16)13-17-20(26)23(21(28)29-17)12-5-3-4-9-18(24)25/h6-8,10-11,13H,2-5,9,12H2,1H3,(H,24,25). The van der Waals surface area contributed by atoms with Crippen molar-refractivity contribution in [3.63, 3.8) is 0 Å². The molecule has 1 saturated heterocycles. The molecule has 1 aliphatic rings. The molecule has 3 rings (SSSR count). The Morgan fingerprint density at radius 2 is 2.10 bits per heavy atom. The Bertz CT molecular complexity index is 974. The van der Waals surface area contributed by atoms with Gasteiger partial charge < -0.3 is 9.84 Å². The number of hydrogen-bond donors (Lipinski definition) is 1. The summed E-state index contributed by atoms with van der Waals surface area (Å²) in [6.45, 7) is 2.98. The van der Waals surface area contributed by atoms with Crippen LogP contribution in [0.25, 0.3) is 17.0 Å². The van der Waals surface area contributed by atoms with Crippen LogP contribution in [0.2, 0.25) is 0 Å². The number of ether oxygens (including phenoxy) is 1. The van der Waals surface area contributed by atoms with Gasteiger partial charge in [-0.15, -0.1) is 0 Å². The molecule has 2 aromatic rings. The number of carboxylic acids is 1. The molecule has 0 spiro atoms. The van der Waals surface area contributed by atoms with Gasteiger partial charge in [-0.05, 0) is 38.0 Å². The van der Waals surface area contributed by atoms with E-state index in [1.807, 2.05) is 37.3 Å². The van der Waals surface area contributed by atoms with Gasteiger partial charge in [0.25, 0.3) is 5.91 Å². The van der Waals surface area contributed by atoms with Crippen molar-refractivity contribution in [3.8, 4) is 5.75 Å². The lowest BCUT2D eigenvalue weighted by Crippen LogP contribution is -2.29. The number of hydrogen-bond acceptors (Lipinski definition) is 6. The average Bonchev–Trinajstić information content (AvgIpc) is 2.95. The van der Waals surface area contributed by atoms with Gasteiger partial charge in [-0.2, -0.15) is 0 Å². The third-order valence-corrected chi connectivity index (χ3v) is 5.81. The van der Waals surface area contributed by atoms with Crippen LogP contribution in [0, 0.1) is 0 Å². The van der Waals surface area contributed by atoms with Crippen molar-refractivity contribution in [1.82, 2.24) is 9.88 Å². The molecule has 2 heterocycles. The van der Waals surface area contributed by atoms with E-state index in [4.69, 9.17) is 22.1 Å². The average molecular weight is 431 g/mol. The van der Waals surface area contributed by atoms with E-state index >= 15 is 0 Å². The highest BCUT2D eigenvalue weighted by Crippen LogP contribution is 2.33. The maximum atomic E-state index is 12.7. The van der Waals surface area contributed by atoms with Crippen molar-refractivity contribution >= 4 is 57.2 Å². The second-order valence-corrected chi connectivity index (χ2v) is 8.21. The summed E-state index contributed by atoms with van der Waals surface area (Å²) in [5, 5.41) is 9.66. The largest absolute Gasteiger partial charge is 0.492 e. The van der Waals surface area contributed by atoms with Crippen LogP contribution >= 0.6 is 24.0 Å². The van der Waals surface area contributed by atoms with Gasteiger partial charge in [-0.3, -0.25) is 14.5 Å². The van der Waals surface area contributed by atoms with Crippen LogP contribution in [0.5, 0.6) is 5.75 Å². The quantitative estimate of drug-likeness (QED) is 0.357. The fourth-order valence-corrected chi connectivity index (χ4v) is 4.33. The molecule has 0 radical (unpaired) electrons. The van der Waals surface area contributed by atoms with Crippen molar-refractivity contribution in [1.29, 1.82) is 0 Å². The summed E-state index contributed by atoms with van der Waals surface area (Å²) in [6.07, 6.45) is 3.97. The van der Waals surface area contributed by atoms with Crippen molar-refractivity contribution < 1.29 is 19.4 Å². The highest BCUT2D eigenvalue weighted by atomic mass is 32.2. The fourth-order valence-electron chi connectivity index (χ4n) is 3.04. The molecule has 6 nitrogen and oxygen atoms in total. The first kappa shape index (κ1) is 21.3. The summed E-state index contributed by atoms with van der Waals surface area (Å²) < 4.78 is 6.18. The number of thioether (sulfide) groups is 1. The summed E-state index contributed by atoms with van der Waals surface area (Å²) >= 11 is 6.62. The number of thiocarbonyl (C=S) groups is 1. The third kappa shape index (κ3) is 5.33. The molecule has 1 aromatic heterocycles. The van der Waals surface area contributed by atoms with Crippen LogP contribution in [0.1, 0.15) is 38.3 Å². The monoisotopic (exact) mass is 430 g/mol. The molecule has 1 aliphatic heterocycles. The lowest BCUT2D eigenvalue weighted by Gasteiger charge is -2.13. The summed E-state index contributed by atoms with van der Waals surface area (Å²) in [7, 11) is 0. The van der Waals surface area contributed by atoms with Gasteiger partial charge in [0.05, 0.1) is 17.2 Å². The number of fused-ring (bicyclic) bond motifs is 1. The number of aliphatic carboxylic acids is 1. The van der Waals surface area contributed by atoms with E-state index in [-0.39, 0.29) is 12.3 Å². The number of carboxylic acid groups (broad SMARTS) is 1. The predicted molar refractivity (Wildman–Crippen MR) is 119 cm³/mol. The minimum atomic E-state index is -0.797. The molecule has 1 N–H and O–H groups in total. The number of carbonyl (C=O) groups is 2. The Labute approximate surface area is 178 Å². The SMILES string of the molecule is CCOc1cccc2ccc(C=C3SC(=S)N(CCCCCC(=O)O)C3=O)nc12. The topological polar surface area (TPSA) is 79.7 Å². The smallest absolute Gasteiger partial charge is 0.303 e. The minimum absolute atomic E-state index is 0.127. The van der Waals surface area contributed by atoms with Gasteiger partial charge >= 0.3 is 5.97 Å². The van der Waals surface area contributed by atoms with Crippen LogP contribution in [-0.4, -0.2) is 44.3 Å². The molecule has 1 amide bonds. The molecule has 152 valence electrons. The number of benzene rings is 1. The van der Waals surface area contributed by atoms with Crippen LogP contribution in [-0.2, 0) is 9.59 Å². The molecule has 0 saturated carbocycles. The van der Waals surface area contributed by atoms with Gasteiger partial charge in [-0.1, -0.05) is 48.6 Å². The lowest BCUT2D eigenvalue weighted by atomic mass is 10.2. The van der Waals surface area contributed by atoms with Crippen molar-refractivity contribution in [2.24, 2.45) is 0 Å².